The van der Waals surface area contributed by atoms with Crippen molar-refractivity contribution in [2.24, 2.45) is 16.8 Å². The maximum Gasteiger partial charge on any atom is 0.167 e. The van der Waals surface area contributed by atoms with Gasteiger partial charge >= 0.3 is 0 Å². The molecule has 0 atom stereocenters. The van der Waals surface area contributed by atoms with Crippen LogP contribution in [0.2, 0.25) is 0 Å². The molecule has 3 heteroatoms. The van der Waals surface area contributed by atoms with Crippen molar-refractivity contribution < 1.29 is 4.79 Å². The number of nitrogens with zero attached hydrogens (tertiary/aromatic N) is 1. The van der Waals surface area contributed by atoms with Crippen LogP contribution in [0.4, 0.5) is 0 Å². The van der Waals surface area contributed by atoms with Crippen LogP contribution in [0.5, 0.6) is 0 Å². The molecule has 1 aromatic rings. The van der Waals surface area contributed by atoms with Crippen LogP contribution in [-0.2, 0) is 11.2 Å². The Morgan fingerprint density at radius 3 is 2.60 bits per heavy atom. The summed E-state index contributed by atoms with van der Waals surface area (Å²) in [6.45, 7) is 4.33. The van der Waals surface area contributed by atoms with Gasteiger partial charge in [-0.15, -0.1) is 0 Å². The highest BCUT2D eigenvalue weighted by Crippen LogP contribution is 2.36. The van der Waals surface area contributed by atoms with E-state index in [9.17, 15) is 4.79 Å². The Bertz CT molecular complexity index is 911. The predicted octanol–water partition coefficient (Wildman–Crippen LogP) is 5.28. The highest BCUT2D eigenvalue weighted by molar-refractivity contribution is 6.30. The van der Waals surface area contributed by atoms with E-state index in [1.807, 2.05) is 0 Å². The summed E-state index contributed by atoms with van der Waals surface area (Å²) in [4.78, 5) is 18.6. The first kappa shape index (κ1) is 19.9. The van der Waals surface area contributed by atoms with Crippen molar-refractivity contribution in [3.05, 3.63) is 52.6 Å². The van der Waals surface area contributed by atoms with Crippen LogP contribution in [0.25, 0.3) is 5.57 Å². The van der Waals surface area contributed by atoms with Crippen molar-refractivity contribution in [3.63, 3.8) is 0 Å². The van der Waals surface area contributed by atoms with E-state index in [-0.39, 0.29) is 5.92 Å². The average Bonchev–Trinajstić information content (AvgIpc) is 3.63. The van der Waals surface area contributed by atoms with E-state index < -0.39 is 0 Å². The number of benzene rings is 1. The lowest BCUT2D eigenvalue weighted by Crippen LogP contribution is -2.22. The van der Waals surface area contributed by atoms with Crippen molar-refractivity contribution in [1.29, 1.82) is 0 Å². The Balaban J connectivity index is 1.56. The molecule has 0 saturated heterocycles. The van der Waals surface area contributed by atoms with Gasteiger partial charge in [-0.1, -0.05) is 31.2 Å². The third-order valence-corrected chi connectivity index (χ3v) is 7.33. The molecule has 3 nitrogen and oxygen atoms in total. The van der Waals surface area contributed by atoms with Gasteiger partial charge in [0.05, 0.1) is 11.8 Å². The maximum atomic E-state index is 13.2. The van der Waals surface area contributed by atoms with Crippen molar-refractivity contribution in [2.75, 3.05) is 13.1 Å². The molecule has 0 bridgehead atoms. The van der Waals surface area contributed by atoms with Crippen molar-refractivity contribution in [2.45, 2.75) is 70.8 Å². The van der Waals surface area contributed by atoms with E-state index in [2.05, 4.69) is 42.6 Å². The zero-order valence-corrected chi connectivity index (χ0v) is 18.3. The summed E-state index contributed by atoms with van der Waals surface area (Å²) in [5.41, 5.74) is 7.24. The second-order valence-electron chi connectivity index (χ2n) is 9.74. The summed E-state index contributed by atoms with van der Waals surface area (Å²) in [6.07, 6.45) is 14.4. The molecule has 1 aliphatic heterocycles. The molecule has 0 amide bonds. The standard InChI is InChI=1S/C27H34N2O/c1-18-5-11-23(12-6-18)29-26-24(27(30)21-8-9-21)4-2-3-20-7-10-22(17-25(20)26)19-13-15-28-16-14-19/h4,7,10,13,17-18,21,23,28H,2-3,5-6,8-9,11-12,14-16H2,1H3. The van der Waals surface area contributed by atoms with Gasteiger partial charge in [0.25, 0.3) is 0 Å². The molecule has 0 spiro atoms. The van der Waals surface area contributed by atoms with E-state index in [4.69, 9.17) is 4.99 Å². The molecule has 0 aromatic heterocycles. The van der Waals surface area contributed by atoms with Crippen molar-refractivity contribution in [1.82, 2.24) is 5.32 Å². The molecule has 0 radical (unpaired) electrons. The second-order valence-corrected chi connectivity index (χ2v) is 9.74. The Kier molecular flexibility index (Phi) is 5.73. The fourth-order valence-electron chi connectivity index (χ4n) is 5.19. The summed E-state index contributed by atoms with van der Waals surface area (Å²) < 4.78 is 0. The van der Waals surface area contributed by atoms with Crippen molar-refractivity contribution in [3.8, 4) is 0 Å². The first-order chi connectivity index (χ1) is 14.7. The molecule has 2 saturated carbocycles. The maximum absolute atomic E-state index is 13.2. The van der Waals surface area contributed by atoms with Crippen LogP contribution in [-0.4, -0.2) is 30.6 Å². The fraction of sp³-hybridized carbons (Fsp3) is 0.556. The molecule has 158 valence electrons. The van der Waals surface area contributed by atoms with Gasteiger partial charge in [0.1, 0.15) is 0 Å². The van der Waals surface area contributed by atoms with Crippen LogP contribution < -0.4 is 5.32 Å². The van der Waals surface area contributed by atoms with E-state index in [0.717, 1.165) is 75.2 Å². The molecular formula is C27H34N2O. The lowest BCUT2D eigenvalue weighted by atomic mass is 9.86. The van der Waals surface area contributed by atoms with E-state index in [1.165, 1.54) is 35.1 Å². The molecule has 0 unspecified atom stereocenters. The zero-order valence-electron chi connectivity index (χ0n) is 18.3. The number of carbonyl (C=O) groups is 1. The minimum Gasteiger partial charge on any atom is -0.313 e. The van der Waals surface area contributed by atoms with E-state index in [0.29, 0.717) is 11.8 Å². The molecular weight excluding hydrogens is 368 g/mol. The summed E-state index contributed by atoms with van der Waals surface area (Å²) in [7, 11) is 0. The van der Waals surface area contributed by atoms with Gasteiger partial charge in [0, 0.05) is 23.6 Å². The molecule has 4 aliphatic rings. The SMILES string of the molecule is CC1CCC(N=C2C(C(=O)C3CC3)=CCCc3ccc(C4=CCNCC4)cc32)CC1. The monoisotopic (exact) mass is 402 g/mol. The first-order valence-electron chi connectivity index (χ1n) is 12.0. The third-order valence-electron chi connectivity index (χ3n) is 7.33. The number of allylic oxidation sites excluding steroid dienone is 2. The predicted molar refractivity (Wildman–Crippen MR) is 124 cm³/mol. The highest BCUT2D eigenvalue weighted by atomic mass is 16.1. The topological polar surface area (TPSA) is 41.5 Å². The number of carbonyl (C=O) groups excluding carboxylic acids is 1. The lowest BCUT2D eigenvalue weighted by molar-refractivity contribution is -0.116. The molecule has 1 N–H and O–H groups in total. The molecule has 1 heterocycles. The quantitative estimate of drug-likeness (QED) is 0.744. The number of rotatable bonds is 4. The largest absolute Gasteiger partial charge is 0.313 e. The third kappa shape index (κ3) is 4.23. The normalized spacial score (nSPS) is 28.4. The number of ketones is 1. The number of hydrogen-bond acceptors (Lipinski definition) is 3. The molecule has 5 rings (SSSR count). The zero-order chi connectivity index (χ0) is 20.5. The van der Waals surface area contributed by atoms with Gasteiger partial charge in [-0.25, -0.2) is 0 Å². The second kappa shape index (κ2) is 8.63. The van der Waals surface area contributed by atoms with Crippen LogP contribution in [0.1, 0.15) is 75.0 Å². The number of nitrogens with one attached hydrogen (secondary N) is 1. The Morgan fingerprint density at radius 2 is 1.87 bits per heavy atom. The summed E-state index contributed by atoms with van der Waals surface area (Å²) in [5, 5.41) is 3.41. The Morgan fingerprint density at radius 1 is 1.03 bits per heavy atom. The minimum atomic E-state index is 0.240. The summed E-state index contributed by atoms with van der Waals surface area (Å²) in [5.74, 6) is 1.39. The Labute approximate surface area is 180 Å². The highest BCUT2D eigenvalue weighted by Gasteiger charge is 2.35. The number of aryl methyl sites for hydroxylation is 1. The van der Waals surface area contributed by atoms with Crippen LogP contribution >= 0.6 is 0 Å². The lowest BCUT2D eigenvalue weighted by Gasteiger charge is -2.25. The molecule has 2 fully saturated rings. The molecule has 3 aliphatic carbocycles. The number of fused-ring (bicyclic) bond motifs is 1. The van der Waals surface area contributed by atoms with E-state index in [1.54, 1.807) is 0 Å². The fourth-order valence-corrected chi connectivity index (χ4v) is 5.19. The Hall–Kier alpha value is -2.00. The molecule has 1 aromatic carbocycles. The summed E-state index contributed by atoms with van der Waals surface area (Å²) >= 11 is 0. The summed E-state index contributed by atoms with van der Waals surface area (Å²) in [6, 6.07) is 7.28. The number of aliphatic imine (C=N–C) groups is 1. The van der Waals surface area contributed by atoms with Gasteiger partial charge in [0.15, 0.2) is 5.78 Å². The smallest absolute Gasteiger partial charge is 0.167 e. The van der Waals surface area contributed by atoms with Gasteiger partial charge in [-0.2, -0.15) is 0 Å². The molecule has 30 heavy (non-hydrogen) atoms. The van der Waals surface area contributed by atoms with Crippen LogP contribution in [0, 0.1) is 11.8 Å². The van der Waals surface area contributed by atoms with Crippen LogP contribution in [0.15, 0.2) is 40.9 Å². The van der Waals surface area contributed by atoms with Gasteiger partial charge < -0.3 is 5.32 Å². The minimum absolute atomic E-state index is 0.240. The first-order valence-corrected chi connectivity index (χ1v) is 12.0. The number of Topliss-reactive ketones (excluding diaryl/α,β-unsaturated/α-hetero) is 1. The average molecular weight is 403 g/mol. The van der Waals surface area contributed by atoms with Crippen LogP contribution in [0.3, 0.4) is 0 Å². The number of hydrogen-bond donors (Lipinski definition) is 1. The van der Waals surface area contributed by atoms with Gasteiger partial charge in [0.2, 0.25) is 0 Å². The van der Waals surface area contributed by atoms with E-state index >= 15 is 0 Å². The van der Waals surface area contributed by atoms with Gasteiger partial charge in [-0.3, -0.25) is 9.79 Å². The van der Waals surface area contributed by atoms with Gasteiger partial charge in [-0.05, 0) is 93.0 Å². The van der Waals surface area contributed by atoms with Crippen molar-refractivity contribution >= 4 is 17.1 Å².